The number of carbonyl (C=O) groups excluding carboxylic acids is 1. The number of anilines is 2. The van der Waals surface area contributed by atoms with Crippen molar-refractivity contribution in [2.75, 3.05) is 45.3 Å². The topological polar surface area (TPSA) is 97.8 Å². The van der Waals surface area contributed by atoms with Crippen LogP contribution >= 0.6 is 11.6 Å². The lowest BCUT2D eigenvalue weighted by Gasteiger charge is -2.24. The van der Waals surface area contributed by atoms with Gasteiger partial charge in [0.05, 0.1) is 36.9 Å². The summed E-state index contributed by atoms with van der Waals surface area (Å²) in [5.74, 6) is 1.52. The highest BCUT2D eigenvalue weighted by Crippen LogP contribution is 2.35. The van der Waals surface area contributed by atoms with Crippen molar-refractivity contribution in [3.05, 3.63) is 47.5 Å². The molecule has 3 aromatic rings. The van der Waals surface area contributed by atoms with E-state index in [2.05, 4.69) is 25.5 Å². The zero-order valence-electron chi connectivity index (χ0n) is 19.1. The molecule has 3 heterocycles. The van der Waals surface area contributed by atoms with Gasteiger partial charge in [-0.3, -0.25) is 0 Å². The quantitative estimate of drug-likeness (QED) is 0.447. The summed E-state index contributed by atoms with van der Waals surface area (Å²) in [6.45, 7) is 3.52. The van der Waals surface area contributed by atoms with E-state index in [9.17, 15) is 9.18 Å². The van der Waals surface area contributed by atoms with Gasteiger partial charge in [-0.15, -0.1) is 0 Å². The molecule has 2 aliphatic heterocycles. The summed E-state index contributed by atoms with van der Waals surface area (Å²) in [5.41, 5.74) is 1.27. The molecular weight excluding hydrogens is 477 g/mol. The van der Waals surface area contributed by atoms with Gasteiger partial charge in [0.1, 0.15) is 18.0 Å². The molecule has 11 heteroatoms. The molecule has 0 radical (unpaired) electrons. The van der Waals surface area contributed by atoms with Crippen molar-refractivity contribution in [3.8, 4) is 11.5 Å². The van der Waals surface area contributed by atoms with Crippen LogP contribution < -0.4 is 20.1 Å². The second kappa shape index (κ2) is 10.1. The fourth-order valence-electron chi connectivity index (χ4n) is 4.47. The summed E-state index contributed by atoms with van der Waals surface area (Å²) in [6, 6.07) is 8.16. The molecule has 2 atom stereocenters. The normalized spacial score (nSPS) is 19.7. The number of fused-ring (bicyclic) bond motifs is 2. The molecule has 2 aromatic carbocycles. The van der Waals surface area contributed by atoms with Gasteiger partial charge in [-0.1, -0.05) is 11.6 Å². The zero-order chi connectivity index (χ0) is 24.4. The van der Waals surface area contributed by atoms with E-state index in [1.54, 1.807) is 19.2 Å². The first-order valence-electron chi connectivity index (χ1n) is 11.3. The van der Waals surface area contributed by atoms with Crippen LogP contribution in [-0.2, 0) is 4.74 Å². The van der Waals surface area contributed by atoms with Crippen LogP contribution in [0.4, 0.5) is 20.7 Å². The van der Waals surface area contributed by atoms with E-state index in [0.29, 0.717) is 47.7 Å². The van der Waals surface area contributed by atoms with Crippen molar-refractivity contribution in [3.63, 3.8) is 0 Å². The summed E-state index contributed by atoms with van der Waals surface area (Å²) in [7, 11) is 1.58. The Morgan fingerprint density at radius 2 is 2.14 bits per heavy atom. The lowest BCUT2D eigenvalue weighted by molar-refractivity contribution is 0.0944. The smallest absolute Gasteiger partial charge is 0.407 e. The predicted molar refractivity (Wildman–Crippen MR) is 129 cm³/mol. The Bertz CT molecular complexity index is 1250. The standard InChI is InChI=1S/C24H25ClFN5O4/c1-33-21-9-19-16(23(28-13-27-19)29-15-3-4-18(26)17(25)7-15)8-22(21)34-6-2-5-31-10-14-12-35-24(32)30-20(14)11-31/h3-4,7-9,13-14,20H,2,5-6,10-12H2,1H3,(H,30,32)(H,27,28,29). The Morgan fingerprint density at radius 3 is 2.97 bits per heavy atom. The molecular formula is C24H25ClFN5O4. The van der Waals surface area contributed by atoms with Gasteiger partial charge in [0.15, 0.2) is 11.5 Å². The number of rotatable bonds is 8. The van der Waals surface area contributed by atoms with E-state index in [0.717, 1.165) is 31.4 Å². The van der Waals surface area contributed by atoms with Gasteiger partial charge in [-0.05, 0) is 30.7 Å². The Balaban J connectivity index is 1.25. The number of carbonyl (C=O) groups is 1. The Kier molecular flexibility index (Phi) is 6.74. The third-order valence-corrected chi connectivity index (χ3v) is 6.52. The Morgan fingerprint density at radius 1 is 1.26 bits per heavy atom. The number of halogens is 2. The summed E-state index contributed by atoms with van der Waals surface area (Å²) >= 11 is 5.91. The van der Waals surface area contributed by atoms with E-state index in [4.69, 9.17) is 25.8 Å². The van der Waals surface area contributed by atoms with Gasteiger partial charge in [0.2, 0.25) is 0 Å². The number of amides is 1. The lowest BCUT2D eigenvalue weighted by Crippen LogP contribution is -2.47. The third-order valence-electron chi connectivity index (χ3n) is 6.23. The van der Waals surface area contributed by atoms with Crippen molar-refractivity contribution in [1.82, 2.24) is 20.2 Å². The van der Waals surface area contributed by atoms with Gasteiger partial charge in [0.25, 0.3) is 0 Å². The predicted octanol–water partition coefficient (Wildman–Crippen LogP) is 3.98. The molecule has 0 saturated carbocycles. The molecule has 0 aliphatic carbocycles. The SMILES string of the molecule is COc1cc2ncnc(Nc3ccc(F)c(Cl)c3)c2cc1OCCCN1CC2COC(=O)NC2C1. The van der Waals surface area contributed by atoms with Gasteiger partial charge in [-0.25, -0.2) is 19.2 Å². The van der Waals surface area contributed by atoms with Gasteiger partial charge < -0.3 is 29.7 Å². The van der Waals surface area contributed by atoms with Crippen LogP contribution in [0.2, 0.25) is 5.02 Å². The molecule has 1 amide bonds. The van der Waals surface area contributed by atoms with E-state index in [-0.39, 0.29) is 17.2 Å². The number of aromatic nitrogens is 2. The maximum atomic E-state index is 13.5. The van der Waals surface area contributed by atoms with E-state index in [1.165, 1.54) is 18.5 Å². The van der Waals surface area contributed by atoms with Crippen LogP contribution in [0.1, 0.15) is 6.42 Å². The number of hydrogen-bond donors (Lipinski definition) is 2. The van der Waals surface area contributed by atoms with E-state index < -0.39 is 5.82 Å². The van der Waals surface area contributed by atoms with Crippen LogP contribution in [-0.4, -0.2) is 67.0 Å². The average molecular weight is 502 g/mol. The molecule has 35 heavy (non-hydrogen) atoms. The highest BCUT2D eigenvalue weighted by atomic mass is 35.5. The largest absolute Gasteiger partial charge is 0.493 e. The first-order valence-corrected chi connectivity index (χ1v) is 11.7. The summed E-state index contributed by atoms with van der Waals surface area (Å²) in [6.07, 6.45) is 1.91. The molecule has 2 saturated heterocycles. The molecule has 9 nitrogen and oxygen atoms in total. The van der Waals surface area contributed by atoms with Crippen molar-refractivity contribution < 1.29 is 23.4 Å². The highest BCUT2D eigenvalue weighted by Gasteiger charge is 2.37. The minimum absolute atomic E-state index is 0.0196. The minimum Gasteiger partial charge on any atom is -0.493 e. The van der Waals surface area contributed by atoms with Crippen LogP contribution in [0.25, 0.3) is 10.9 Å². The second-order valence-corrected chi connectivity index (χ2v) is 8.97. The molecule has 5 rings (SSSR count). The molecule has 2 aliphatic rings. The first-order chi connectivity index (χ1) is 17.0. The van der Waals surface area contributed by atoms with Crippen molar-refractivity contribution in [2.45, 2.75) is 12.5 Å². The Hall–Kier alpha value is -3.37. The highest BCUT2D eigenvalue weighted by molar-refractivity contribution is 6.31. The van der Waals surface area contributed by atoms with Crippen LogP contribution in [0.15, 0.2) is 36.7 Å². The number of methoxy groups -OCH3 is 1. The van der Waals surface area contributed by atoms with Crippen LogP contribution in [0.3, 0.4) is 0 Å². The van der Waals surface area contributed by atoms with Crippen molar-refractivity contribution in [1.29, 1.82) is 0 Å². The van der Waals surface area contributed by atoms with E-state index >= 15 is 0 Å². The van der Waals surface area contributed by atoms with Gasteiger partial charge in [0, 0.05) is 42.7 Å². The average Bonchev–Trinajstić information content (AvgIpc) is 3.25. The number of likely N-dealkylation sites (tertiary alicyclic amines) is 1. The molecule has 1 aromatic heterocycles. The molecule has 0 bridgehead atoms. The van der Waals surface area contributed by atoms with Crippen LogP contribution in [0, 0.1) is 11.7 Å². The van der Waals surface area contributed by atoms with Crippen molar-refractivity contribution >= 4 is 40.1 Å². The fraction of sp³-hybridized carbons (Fsp3) is 0.375. The van der Waals surface area contributed by atoms with Crippen molar-refractivity contribution in [2.24, 2.45) is 5.92 Å². The van der Waals surface area contributed by atoms with E-state index in [1.807, 2.05) is 6.07 Å². The summed E-state index contributed by atoms with van der Waals surface area (Å²) < 4.78 is 30.2. The van der Waals surface area contributed by atoms with Gasteiger partial charge >= 0.3 is 6.09 Å². The number of cyclic esters (lactones) is 1. The van der Waals surface area contributed by atoms with Gasteiger partial charge in [-0.2, -0.15) is 0 Å². The lowest BCUT2D eigenvalue weighted by atomic mass is 10.0. The zero-order valence-corrected chi connectivity index (χ0v) is 19.8. The summed E-state index contributed by atoms with van der Waals surface area (Å²) in [5, 5.41) is 6.80. The molecule has 184 valence electrons. The van der Waals surface area contributed by atoms with Crippen LogP contribution in [0.5, 0.6) is 11.5 Å². The molecule has 0 spiro atoms. The number of nitrogens with one attached hydrogen (secondary N) is 2. The number of nitrogens with zero attached hydrogens (tertiary/aromatic N) is 3. The molecule has 2 fully saturated rings. The number of benzene rings is 2. The maximum Gasteiger partial charge on any atom is 0.407 e. The first kappa shape index (κ1) is 23.4. The monoisotopic (exact) mass is 501 g/mol. The minimum atomic E-state index is -0.490. The number of alkyl carbamates (subject to hydrolysis) is 1. The summed E-state index contributed by atoms with van der Waals surface area (Å²) in [4.78, 5) is 22.4. The third kappa shape index (κ3) is 5.18. The molecule has 2 N–H and O–H groups in total. The Labute approximate surface area is 206 Å². The maximum absolute atomic E-state index is 13.5. The fourth-order valence-corrected chi connectivity index (χ4v) is 4.65. The number of ether oxygens (including phenoxy) is 3. The number of hydrogen-bond acceptors (Lipinski definition) is 8. The molecule has 2 unspecified atom stereocenters. The second-order valence-electron chi connectivity index (χ2n) is 8.57.